The van der Waals surface area contributed by atoms with Crippen LogP contribution in [0.1, 0.15) is 33.1 Å². The Labute approximate surface area is 88.1 Å². The van der Waals surface area contributed by atoms with Crippen molar-refractivity contribution in [3.05, 3.63) is 0 Å². The summed E-state index contributed by atoms with van der Waals surface area (Å²) in [5.41, 5.74) is 0.676. The Balaban J connectivity index is 1.76. The third kappa shape index (κ3) is 2.29. The minimum atomic E-state index is 0.676. The van der Waals surface area contributed by atoms with Crippen molar-refractivity contribution in [3.63, 3.8) is 0 Å². The van der Waals surface area contributed by atoms with Gasteiger partial charge in [0, 0.05) is 25.0 Å². The molecule has 0 aromatic rings. The van der Waals surface area contributed by atoms with Gasteiger partial charge in [-0.1, -0.05) is 13.8 Å². The zero-order valence-electron chi connectivity index (χ0n) is 9.68. The predicted octanol–water partition coefficient (Wildman–Crippen LogP) is 1.72. The minimum Gasteiger partial charge on any atom is -0.315 e. The van der Waals surface area contributed by atoms with E-state index in [1.54, 1.807) is 0 Å². The molecule has 82 valence electrons. The van der Waals surface area contributed by atoms with E-state index in [0.717, 1.165) is 5.92 Å². The Morgan fingerprint density at radius 3 is 2.71 bits per heavy atom. The van der Waals surface area contributed by atoms with Crippen LogP contribution in [0.15, 0.2) is 0 Å². The first-order valence-corrected chi connectivity index (χ1v) is 6.13. The Kier molecular flexibility index (Phi) is 3.13. The van der Waals surface area contributed by atoms with Gasteiger partial charge < -0.3 is 10.2 Å². The molecule has 2 heterocycles. The molecular weight excluding hydrogens is 172 g/mol. The lowest BCUT2D eigenvalue weighted by molar-refractivity contribution is 0.0395. The van der Waals surface area contributed by atoms with Gasteiger partial charge in [-0.3, -0.25) is 0 Å². The average molecular weight is 196 g/mol. The SMILES string of the molecule is CC(C)CCN1CCCC2(CNC2)C1. The Hall–Kier alpha value is -0.0800. The summed E-state index contributed by atoms with van der Waals surface area (Å²) in [6, 6.07) is 0. The highest BCUT2D eigenvalue weighted by Gasteiger charge is 2.40. The zero-order valence-corrected chi connectivity index (χ0v) is 9.68. The molecule has 2 saturated heterocycles. The van der Waals surface area contributed by atoms with E-state index in [0.29, 0.717) is 5.41 Å². The molecule has 2 aliphatic rings. The van der Waals surface area contributed by atoms with Crippen LogP contribution in [-0.2, 0) is 0 Å². The first-order valence-electron chi connectivity index (χ1n) is 6.13. The summed E-state index contributed by atoms with van der Waals surface area (Å²) < 4.78 is 0. The molecule has 1 spiro atoms. The largest absolute Gasteiger partial charge is 0.315 e. The molecule has 0 aliphatic carbocycles. The van der Waals surface area contributed by atoms with Crippen molar-refractivity contribution in [3.8, 4) is 0 Å². The Bertz CT molecular complexity index is 185. The van der Waals surface area contributed by atoms with Crippen LogP contribution in [0.5, 0.6) is 0 Å². The highest BCUT2D eigenvalue weighted by atomic mass is 15.2. The van der Waals surface area contributed by atoms with Crippen molar-refractivity contribution < 1.29 is 0 Å². The molecule has 2 nitrogen and oxygen atoms in total. The second-order valence-corrected chi connectivity index (χ2v) is 5.67. The topological polar surface area (TPSA) is 15.3 Å². The molecule has 2 fully saturated rings. The Morgan fingerprint density at radius 1 is 1.36 bits per heavy atom. The van der Waals surface area contributed by atoms with Gasteiger partial charge in [-0.05, 0) is 38.3 Å². The highest BCUT2D eigenvalue weighted by Crippen LogP contribution is 2.33. The third-order valence-corrected chi connectivity index (χ3v) is 3.76. The second kappa shape index (κ2) is 4.19. The number of hydrogen-bond acceptors (Lipinski definition) is 2. The van der Waals surface area contributed by atoms with Crippen molar-refractivity contribution in [2.45, 2.75) is 33.1 Å². The van der Waals surface area contributed by atoms with E-state index in [2.05, 4.69) is 24.1 Å². The fourth-order valence-electron chi connectivity index (χ4n) is 2.71. The number of likely N-dealkylation sites (tertiary alicyclic amines) is 1. The van der Waals surface area contributed by atoms with E-state index in [9.17, 15) is 0 Å². The molecular formula is C12H24N2. The average Bonchev–Trinajstić information content (AvgIpc) is 2.13. The first-order chi connectivity index (χ1) is 6.70. The van der Waals surface area contributed by atoms with Gasteiger partial charge in [0.05, 0.1) is 0 Å². The van der Waals surface area contributed by atoms with E-state index in [1.807, 2.05) is 0 Å². The van der Waals surface area contributed by atoms with E-state index >= 15 is 0 Å². The summed E-state index contributed by atoms with van der Waals surface area (Å²) in [6.45, 7) is 11.2. The van der Waals surface area contributed by atoms with Crippen LogP contribution in [-0.4, -0.2) is 37.6 Å². The van der Waals surface area contributed by atoms with Crippen LogP contribution in [0.4, 0.5) is 0 Å². The molecule has 2 heteroatoms. The molecule has 0 amide bonds. The fourth-order valence-corrected chi connectivity index (χ4v) is 2.71. The highest BCUT2D eigenvalue weighted by molar-refractivity contribution is 4.97. The lowest BCUT2D eigenvalue weighted by atomic mass is 9.75. The molecule has 14 heavy (non-hydrogen) atoms. The van der Waals surface area contributed by atoms with Gasteiger partial charge in [0.25, 0.3) is 0 Å². The van der Waals surface area contributed by atoms with E-state index in [1.165, 1.54) is 52.0 Å². The van der Waals surface area contributed by atoms with Gasteiger partial charge >= 0.3 is 0 Å². The maximum absolute atomic E-state index is 3.43. The molecule has 1 N–H and O–H groups in total. The zero-order chi connectivity index (χ0) is 10.0. The number of piperidine rings is 1. The second-order valence-electron chi connectivity index (χ2n) is 5.67. The van der Waals surface area contributed by atoms with Crippen LogP contribution >= 0.6 is 0 Å². The van der Waals surface area contributed by atoms with Crippen LogP contribution < -0.4 is 5.32 Å². The summed E-state index contributed by atoms with van der Waals surface area (Å²) >= 11 is 0. The molecule has 0 radical (unpaired) electrons. The normalized spacial score (nSPS) is 26.8. The van der Waals surface area contributed by atoms with Crippen molar-refractivity contribution in [1.29, 1.82) is 0 Å². The minimum absolute atomic E-state index is 0.676. The van der Waals surface area contributed by atoms with Crippen molar-refractivity contribution >= 4 is 0 Å². The van der Waals surface area contributed by atoms with Crippen LogP contribution in [0.3, 0.4) is 0 Å². The quantitative estimate of drug-likeness (QED) is 0.739. The monoisotopic (exact) mass is 196 g/mol. The van der Waals surface area contributed by atoms with Crippen LogP contribution in [0, 0.1) is 11.3 Å². The summed E-state index contributed by atoms with van der Waals surface area (Å²) in [5.74, 6) is 0.854. The van der Waals surface area contributed by atoms with Gasteiger partial charge in [-0.2, -0.15) is 0 Å². The number of nitrogens with one attached hydrogen (secondary N) is 1. The lowest BCUT2D eigenvalue weighted by Gasteiger charge is -2.49. The molecule has 0 atom stereocenters. The van der Waals surface area contributed by atoms with Crippen molar-refractivity contribution in [1.82, 2.24) is 10.2 Å². The molecule has 0 aromatic heterocycles. The van der Waals surface area contributed by atoms with E-state index in [-0.39, 0.29) is 0 Å². The van der Waals surface area contributed by atoms with Gasteiger partial charge in [0.2, 0.25) is 0 Å². The van der Waals surface area contributed by atoms with Crippen molar-refractivity contribution in [2.24, 2.45) is 11.3 Å². The van der Waals surface area contributed by atoms with Gasteiger partial charge in [-0.25, -0.2) is 0 Å². The molecule has 0 unspecified atom stereocenters. The molecule has 0 saturated carbocycles. The standard InChI is InChI=1S/C12H24N2/c1-11(2)4-7-14-6-3-5-12(10-14)8-13-9-12/h11,13H,3-10H2,1-2H3. The summed E-state index contributed by atoms with van der Waals surface area (Å²) in [7, 11) is 0. The maximum Gasteiger partial charge on any atom is 0.00802 e. The molecule has 2 aliphatic heterocycles. The molecule has 2 rings (SSSR count). The number of hydrogen-bond donors (Lipinski definition) is 1. The first kappa shape index (κ1) is 10.4. The lowest BCUT2D eigenvalue weighted by Crippen LogP contribution is -2.61. The molecule has 0 aromatic carbocycles. The van der Waals surface area contributed by atoms with Crippen LogP contribution in [0.25, 0.3) is 0 Å². The number of rotatable bonds is 3. The third-order valence-electron chi connectivity index (χ3n) is 3.76. The maximum atomic E-state index is 3.43. The summed E-state index contributed by atoms with van der Waals surface area (Å²) in [5, 5.41) is 3.43. The Morgan fingerprint density at radius 2 is 2.14 bits per heavy atom. The summed E-state index contributed by atoms with van der Waals surface area (Å²) in [6.07, 6.45) is 4.24. The predicted molar refractivity (Wildman–Crippen MR) is 60.4 cm³/mol. The van der Waals surface area contributed by atoms with Gasteiger partial charge in [0.15, 0.2) is 0 Å². The van der Waals surface area contributed by atoms with E-state index in [4.69, 9.17) is 0 Å². The summed E-state index contributed by atoms with van der Waals surface area (Å²) in [4.78, 5) is 2.68. The van der Waals surface area contributed by atoms with Crippen molar-refractivity contribution in [2.75, 3.05) is 32.7 Å². The van der Waals surface area contributed by atoms with Gasteiger partial charge in [0.1, 0.15) is 0 Å². The van der Waals surface area contributed by atoms with Gasteiger partial charge in [-0.15, -0.1) is 0 Å². The smallest absolute Gasteiger partial charge is 0.00802 e. The molecule has 0 bridgehead atoms. The van der Waals surface area contributed by atoms with Crippen LogP contribution in [0.2, 0.25) is 0 Å². The number of nitrogens with zero attached hydrogens (tertiary/aromatic N) is 1. The van der Waals surface area contributed by atoms with E-state index < -0.39 is 0 Å². The fraction of sp³-hybridized carbons (Fsp3) is 1.00.